The second kappa shape index (κ2) is 9.81. The summed E-state index contributed by atoms with van der Waals surface area (Å²) in [6, 6.07) is 10.9. The number of rotatable bonds is 8. The first-order valence-electron chi connectivity index (χ1n) is 12.5. The second-order valence-corrected chi connectivity index (χ2v) is 9.86. The van der Waals surface area contributed by atoms with Crippen molar-refractivity contribution < 1.29 is 9.53 Å². The summed E-state index contributed by atoms with van der Waals surface area (Å²) in [5, 5.41) is 0. The topological polar surface area (TPSA) is 91.4 Å². The minimum absolute atomic E-state index is 0.00826. The summed E-state index contributed by atoms with van der Waals surface area (Å²) in [4.78, 5) is 44.1. The van der Waals surface area contributed by atoms with Gasteiger partial charge in [0.25, 0.3) is 5.56 Å². The predicted octanol–water partition coefficient (Wildman–Crippen LogP) is 2.00. The summed E-state index contributed by atoms with van der Waals surface area (Å²) in [7, 11) is 3.13. The number of ether oxygens (including phenoxy) is 1. The summed E-state index contributed by atoms with van der Waals surface area (Å²) in [5.74, 6) is -0.102. The highest BCUT2D eigenvalue weighted by atomic mass is 16.5. The van der Waals surface area contributed by atoms with Crippen LogP contribution in [0.3, 0.4) is 0 Å². The van der Waals surface area contributed by atoms with Crippen molar-refractivity contribution in [3.8, 4) is 0 Å². The molecular formula is C26H33N5O4. The van der Waals surface area contributed by atoms with Crippen LogP contribution in [0, 0.1) is 0 Å². The maximum absolute atomic E-state index is 12.7. The number of carbonyl (C=O) groups excluding carboxylic acids is 1. The van der Waals surface area contributed by atoms with E-state index in [9.17, 15) is 14.4 Å². The van der Waals surface area contributed by atoms with E-state index >= 15 is 0 Å². The van der Waals surface area contributed by atoms with Gasteiger partial charge in [-0.05, 0) is 31.2 Å². The second-order valence-electron chi connectivity index (χ2n) is 9.86. The van der Waals surface area contributed by atoms with Gasteiger partial charge in [0.2, 0.25) is 0 Å². The maximum Gasteiger partial charge on any atom is 0.332 e. The standard InChI is InChI=1S/C26H33N5O4/c1-28-24-23(25(33)29(2)26(28)34)30(17-27-24)13-6-14-31-19-10-11-20(31)16-21(15-19)35-22(32)12-9-18-7-4-3-5-8-18/h3-5,7-8,17,19-21H,6,9-16H2,1-2H3. The van der Waals surface area contributed by atoms with Gasteiger partial charge in [0.1, 0.15) is 6.10 Å². The van der Waals surface area contributed by atoms with Crippen LogP contribution in [0.4, 0.5) is 0 Å². The lowest BCUT2D eigenvalue weighted by atomic mass is 9.99. The number of hydrogen-bond donors (Lipinski definition) is 0. The molecule has 0 aliphatic carbocycles. The molecule has 186 valence electrons. The monoisotopic (exact) mass is 479 g/mol. The number of esters is 1. The van der Waals surface area contributed by atoms with Crippen LogP contribution in [0.15, 0.2) is 46.2 Å². The van der Waals surface area contributed by atoms with Crippen molar-refractivity contribution in [3.05, 3.63) is 63.1 Å². The number of nitrogens with zero attached hydrogens (tertiary/aromatic N) is 5. The zero-order valence-corrected chi connectivity index (χ0v) is 20.4. The van der Waals surface area contributed by atoms with Crippen LogP contribution in [0.25, 0.3) is 11.2 Å². The van der Waals surface area contributed by atoms with Gasteiger partial charge < -0.3 is 9.30 Å². The van der Waals surface area contributed by atoms with Crippen molar-refractivity contribution in [1.29, 1.82) is 0 Å². The van der Waals surface area contributed by atoms with E-state index in [1.165, 1.54) is 11.6 Å². The van der Waals surface area contributed by atoms with Gasteiger partial charge in [-0.3, -0.25) is 23.6 Å². The van der Waals surface area contributed by atoms with E-state index in [0.29, 0.717) is 42.6 Å². The summed E-state index contributed by atoms with van der Waals surface area (Å²) in [6.07, 6.45) is 7.74. The molecule has 2 unspecified atom stereocenters. The Hall–Kier alpha value is -3.20. The van der Waals surface area contributed by atoms with Gasteiger partial charge in [-0.1, -0.05) is 30.3 Å². The van der Waals surface area contributed by atoms with Gasteiger partial charge in [-0.2, -0.15) is 0 Å². The summed E-state index contributed by atoms with van der Waals surface area (Å²) in [6.45, 7) is 1.59. The number of fused-ring (bicyclic) bond motifs is 3. The highest BCUT2D eigenvalue weighted by Crippen LogP contribution is 2.37. The lowest BCUT2D eigenvalue weighted by Gasteiger charge is -2.38. The molecule has 1 aromatic carbocycles. The fourth-order valence-corrected chi connectivity index (χ4v) is 5.81. The van der Waals surface area contributed by atoms with Crippen LogP contribution in [0.5, 0.6) is 0 Å². The van der Waals surface area contributed by atoms with E-state index in [1.54, 1.807) is 13.4 Å². The molecule has 4 heterocycles. The number of aryl methyl sites for hydroxylation is 3. The molecule has 0 spiro atoms. The van der Waals surface area contributed by atoms with Crippen molar-refractivity contribution in [3.63, 3.8) is 0 Å². The first-order chi connectivity index (χ1) is 16.9. The van der Waals surface area contributed by atoms with E-state index in [0.717, 1.165) is 48.8 Å². The van der Waals surface area contributed by atoms with Gasteiger partial charge >= 0.3 is 11.7 Å². The molecule has 2 aliphatic heterocycles. The van der Waals surface area contributed by atoms with Gasteiger partial charge in [-0.15, -0.1) is 0 Å². The fourth-order valence-electron chi connectivity index (χ4n) is 5.81. The molecular weight excluding hydrogens is 446 g/mol. The molecule has 2 saturated heterocycles. The summed E-state index contributed by atoms with van der Waals surface area (Å²) < 4.78 is 10.3. The van der Waals surface area contributed by atoms with Gasteiger partial charge in [0.05, 0.1) is 6.33 Å². The average molecular weight is 480 g/mol. The third-order valence-electron chi connectivity index (χ3n) is 7.63. The molecule has 0 saturated carbocycles. The van der Waals surface area contributed by atoms with Crippen LogP contribution in [0.2, 0.25) is 0 Å². The molecule has 0 amide bonds. The van der Waals surface area contributed by atoms with Crippen molar-refractivity contribution in [2.75, 3.05) is 6.54 Å². The Balaban J connectivity index is 1.14. The molecule has 0 radical (unpaired) electrons. The predicted molar refractivity (Wildman–Crippen MR) is 132 cm³/mol. The Bertz CT molecular complexity index is 1310. The van der Waals surface area contributed by atoms with Crippen molar-refractivity contribution in [1.82, 2.24) is 23.6 Å². The molecule has 5 rings (SSSR count). The normalized spacial score (nSPS) is 22.1. The summed E-state index contributed by atoms with van der Waals surface area (Å²) >= 11 is 0. The zero-order valence-electron chi connectivity index (χ0n) is 20.4. The Labute approximate surface area is 203 Å². The third kappa shape index (κ3) is 4.69. The maximum atomic E-state index is 12.7. The van der Waals surface area contributed by atoms with Gasteiger partial charge in [0.15, 0.2) is 11.2 Å². The van der Waals surface area contributed by atoms with Crippen LogP contribution < -0.4 is 11.2 Å². The van der Waals surface area contributed by atoms with E-state index in [4.69, 9.17) is 4.74 Å². The lowest BCUT2D eigenvalue weighted by Crippen LogP contribution is -2.46. The summed E-state index contributed by atoms with van der Waals surface area (Å²) in [5.41, 5.74) is 1.38. The molecule has 2 fully saturated rings. The number of piperidine rings is 1. The van der Waals surface area contributed by atoms with Crippen LogP contribution in [-0.2, 0) is 36.6 Å². The van der Waals surface area contributed by atoms with Gasteiger partial charge in [0, 0.05) is 58.5 Å². The van der Waals surface area contributed by atoms with E-state index in [1.807, 2.05) is 34.9 Å². The van der Waals surface area contributed by atoms with E-state index < -0.39 is 0 Å². The van der Waals surface area contributed by atoms with E-state index in [-0.39, 0.29) is 23.3 Å². The Morgan fingerprint density at radius 1 is 1.03 bits per heavy atom. The molecule has 2 bridgehead atoms. The minimum Gasteiger partial charge on any atom is -0.462 e. The van der Waals surface area contributed by atoms with Crippen molar-refractivity contribution in [2.45, 2.75) is 69.7 Å². The number of benzene rings is 1. The molecule has 0 N–H and O–H groups in total. The van der Waals surface area contributed by atoms with Crippen LogP contribution in [-0.4, -0.2) is 54.3 Å². The van der Waals surface area contributed by atoms with Crippen LogP contribution in [0.1, 0.15) is 44.1 Å². The fraction of sp³-hybridized carbons (Fsp3) is 0.538. The average Bonchev–Trinajstić information content (AvgIpc) is 3.38. The number of imidazole rings is 1. The Morgan fingerprint density at radius 3 is 2.46 bits per heavy atom. The first-order valence-corrected chi connectivity index (χ1v) is 12.5. The van der Waals surface area contributed by atoms with E-state index in [2.05, 4.69) is 9.88 Å². The molecule has 3 aromatic rings. The molecule has 9 heteroatoms. The Morgan fingerprint density at radius 2 is 1.74 bits per heavy atom. The minimum atomic E-state index is -0.368. The number of hydrogen-bond acceptors (Lipinski definition) is 6. The molecule has 35 heavy (non-hydrogen) atoms. The molecule has 2 aromatic heterocycles. The largest absolute Gasteiger partial charge is 0.462 e. The smallest absolute Gasteiger partial charge is 0.332 e. The van der Waals surface area contributed by atoms with Crippen molar-refractivity contribution >= 4 is 17.1 Å². The first kappa shape index (κ1) is 23.5. The molecule has 2 atom stereocenters. The number of aromatic nitrogens is 4. The lowest BCUT2D eigenvalue weighted by molar-refractivity contribution is -0.152. The highest BCUT2D eigenvalue weighted by Gasteiger charge is 2.41. The molecule has 9 nitrogen and oxygen atoms in total. The quantitative estimate of drug-likeness (QED) is 0.459. The Kier molecular flexibility index (Phi) is 6.60. The highest BCUT2D eigenvalue weighted by molar-refractivity contribution is 5.70. The van der Waals surface area contributed by atoms with Gasteiger partial charge in [-0.25, -0.2) is 9.78 Å². The molecule has 2 aliphatic rings. The van der Waals surface area contributed by atoms with Crippen molar-refractivity contribution in [2.24, 2.45) is 14.1 Å². The zero-order chi connectivity index (χ0) is 24.5. The third-order valence-corrected chi connectivity index (χ3v) is 7.63. The SMILES string of the molecule is Cn1c(=O)c2c(ncn2CCCN2C3CCC2CC(OC(=O)CCc2ccccc2)C3)n(C)c1=O. The van der Waals surface area contributed by atoms with Crippen LogP contribution >= 0.6 is 0 Å². The number of carbonyl (C=O) groups is 1.